The predicted octanol–water partition coefficient (Wildman–Crippen LogP) is 4.66. The van der Waals surface area contributed by atoms with E-state index in [-0.39, 0.29) is 11.1 Å². The first-order valence-corrected chi connectivity index (χ1v) is 6.81. The van der Waals surface area contributed by atoms with Gasteiger partial charge >= 0.3 is 0 Å². The van der Waals surface area contributed by atoms with Crippen LogP contribution in [0.4, 0.5) is 5.69 Å². The van der Waals surface area contributed by atoms with Gasteiger partial charge in [-0.2, -0.15) is 0 Å². The highest BCUT2D eigenvalue weighted by atomic mass is 35.5. The fraction of sp³-hybridized carbons (Fsp3) is 0.0909. The molecule has 94 valence electrons. The Kier molecular flexibility index (Phi) is 4.12. The summed E-state index contributed by atoms with van der Waals surface area (Å²) in [7, 11) is 0. The minimum atomic E-state index is -0.360. The highest BCUT2D eigenvalue weighted by molar-refractivity contribution is 7.20. The number of hydrogen-bond acceptors (Lipinski definition) is 3. The molecule has 0 radical (unpaired) electrons. The van der Waals surface area contributed by atoms with Gasteiger partial charge in [0.25, 0.3) is 5.91 Å². The minimum Gasteiger partial charge on any atom is -0.319 e. The van der Waals surface area contributed by atoms with Crippen LogP contribution in [-0.4, -0.2) is 10.9 Å². The number of anilines is 1. The van der Waals surface area contributed by atoms with Gasteiger partial charge in [0, 0.05) is 6.20 Å². The second kappa shape index (κ2) is 5.45. The predicted molar refractivity (Wildman–Crippen MR) is 76.3 cm³/mol. The number of carbonyl (C=O) groups is 1. The first-order chi connectivity index (χ1) is 8.49. The lowest BCUT2D eigenvalue weighted by molar-refractivity contribution is 0.102. The van der Waals surface area contributed by atoms with Gasteiger partial charge in [0.2, 0.25) is 0 Å². The van der Waals surface area contributed by atoms with Gasteiger partial charge in [0.1, 0.15) is 4.34 Å². The number of aromatic nitrogens is 1. The number of thiophene rings is 1. The molecule has 2 heterocycles. The lowest BCUT2D eigenvalue weighted by Gasteiger charge is -2.08. The van der Waals surface area contributed by atoms with Gasteiger partial charge in [-0.25, -0.2) is 4.98 Å². The molecule has 2 rings (SSSR count). The average Bonchev–Trinajstić information content (AvgIpc) is 2.63. The van der Waals surface area contributed by atoms with Gasteiger partial charge < -0.3 is 5.32 Å². The first kappa shape index (κ1) is 13.6. The topological polar surface area (TPSA) is 42.0 Å². The van der Waals surface area contributed by atoms with Gasteiger partial charge in [0.05, 0.1) is 15.6 Å². The molecule has 0 aliphatic carbocycles. The molecule has 1 amide bonds. The third-order valence-electron chi connectivity index (χ3n) is 2.25. The number of nitrogens with zero attached hydrogens (tertiary/aromatic N) is 1. The molecule has 0 aromatic carbocycles. The average molecular weight is 322 g/mol. The van der Waals surface area contributed by atoms with Crippen LogP contribution in [0.2, 0.25) is 13.8 Å². The summed E-state index contributed by atoms with van der Waals surface area (Å²) in [5, 5.41) is 2.92. The second-order valence-corrected chi connectivity index (χ2v) is 6.13. The Labute approximate surface area is 123 Å². The second-order valence-electron chi connectivity index (χ2n) is 3.49. The number of rotatable bonds is 2. The number of nitrogens with one attached hydrogen (secondary N) is 1. The molecule has 0 aliphatic heterocycles. The van der Waals surface area contributed by atoms with Crippen molar-refractivity contribution in [2.75, 3.05) is 5.32 Å². The highest BCUT2D eigenvalue weighted by Gasteiger charge is 2.16. The van der Waals surface area contributed by atoms with Crippen molar-refractivity contribution in [1.82, 2.24) is 4.98 Å². The van der Waals surface area contributed by atoms with E-state index in [2.05, 4.69) is 10.3 Å². The molecule has 2 aromatic rings. The monoisotopic (exact) mass is 320 g/mol. The van der Waals surface area contributed by atoms with E-state index < -0.39 is 0 Å². The molecule has 1 N–H and O–H groups in total. The largest absolute Gasteiger partial charge is 0.319 e. The molecule has 0 saturated heterocycles. The van der Waals surface area contributed by atoms with E-state index in [0.29, 0.717) is 19.9 Å². The minimum absolute atomic E-state index is 0.237. The van der Waals surface area contributed by atoms with Gasteiger partial charge in [-0.3, -0.25) is 4.79 Å². The van der Waals surface area contributed by atoms with Crippen molar-refractivity contribution >= 4 is 57.7 Å². The first-order valence-electron chi connectivity index (χ1n) is 4.86. The molecular formula is C11H7Cl3N2OS. The maximum Gasteiger partial charge on any atom is 0.258 e. The zero-order chi connectivity index (χ0) is 13.3. The van der Waals surface area contributed by atoms with Crippen molar-refractivity contribution in [3.8, 4) is 0 Å². The Morgan fingerprint density at radius 1 is 1.39 bits per heavy atom. The normalized spacial score (nSPS) is 10.4. The van der Waals surface area contributed by atoms with E-state index >= 15 is 0 Å². The number of aryl methyl sites for hydroxylation is 1. The van der Waals surface area contributed by atoms with Crippen LogP contribution in [0.1, 0.15) is 15.9 Å². The molecule has 0 fully saturated rings. The van der Waals surface area contributed by atoms with E-state index in [1.807, 2.05) is 6.92 Å². The summed E-state index contributed by atoms with van der Waals surface area (Å²) in [6.07, 6.45) is 1.57. The zero-order valence-corrected chi connectivity index (χ0v) is 12.2. The molecule has 0 aliphatic rings. The summed E-state index contributed by atoms with van der Waals surface area (Å²) in [6.45, 7) is 1.82. The number of halogens is 3. The number of pyridine rings is 1. The van der Waals surface area contributed by atoms with Crippen LogP contribution in [0.5, 0.6) is 0 Å². The fourth-order valence-corrected chi connectivity index (χ4v) is 3.06. The van der Waals surface area contributed by atoms with Crippen LogP contribution in [0.3, 0.4) is 0 Å². The number of carbonyl (C=O) groups excluding carboxylic acids is 1. The van der Waals surface area contributed by atoms with E-state index in [0.717, 1.165) is 16.9 Å². The van der Waals surface area contributed by atoms with Crippen LogP contribution >= 0.6 is 46.1 Å². The quantitative estimate of drug-likeness (QED) is 0.817. The SMILES string of the molecule is Cc1ccnc(Cl)c1NC(=O)c1cc(Cl)sc1Cl. The van der Waals surface area contributed by atoms with Gasteiger partial charge in [0.15, 0.2) is 5.15 Å². The summed E-state index contributed by atoms with van der Waals surface area (Å²) in [5.41, 5.74) is 1.62. The van der Waals surface area contributed by atoms with E-state index in [9.17, 15) is 4.79 Å². The van der Waals surface area contributed by atoms with Crippen LogP contribution in [-0.2, 0) is 0 Å². The molecule has 0 saturated carbocycles. The van der Waals surface area contributed by atoms with Crippen molar-refractivity contribution in [3.63, 3.8) is 0 Å². The Hall–Kier alpha value is -0.810. The molecule has 2 aromatic heterocycles. The molecule has 18 heavy (non-hydrogen) atoms. The molecule has 0 atom stereocenters. The molecule has 0 unspecified atom stereocenters. The summed E-state index contributed by atoms with van der Waals surface area (Å²) in [4.78, 5) is 15.9. The van der Waals surface area contributed by atoms with Gasteiger partial charge in [-0.15, -0.1) is 11.3 Å². The van der Waals surface area contributed by atoms with E-state index in [1.54, 1.807) is 12.3 Å². The molecule has 0 spiro atoms. The Morgan fingerprint density at radius 3 is 2.67 bits per heavy atom. The standard InChI is InChI=1S/C11H7Cl3N2OS/c1-5-2-3-15-9(13)8(5)16-11(17)6-4-7(12)18-10(6)14/h2-4H,1H3,(H,16,17). The third-order valence-corrected chi connectivity index (χ3v) is 4.03. The zero-order valence-electron chi connectivity index (χ0n) is 9.13. The van der Waals surface area contributed by atoms with Gasteiger partial charge in [-0.05, 0) is 24.6 Å². The van der Waals surface area contributed by atoms with Crippen molar-refractivity contribution in [2.45, 2.75) is 6.92 Å². The van der Waals surface area contributed by atoms with Crippen LogP contribution in [0.15, 0.2) is 18.3 Å². The summed E-state index contributed by atoms with van der Waals surface area (Å²) < 4.78 is 0.800. The summed E-state index contributed by atoms with van der Waals surface area (Å²) in [6, 6.07) is 3.27. The lowest BCUT2D eigenvalue weighted by atomic mass is 10.2. The van der Waals surface area contributed by atoms with Crippen LogP contribution in [0.25, 0.3) is 0 Å². The van der Waals surface area contributed by atoms with Crippen LogP contribution < -0.4 is 5.32 Å². The van der Waals surface area contributed by atoms with E-state index in [4.69, 9.17) is 34.8 Å². The Balaban J connectivity index is 2.30. The van der Waals surface area contributed by atoms with Crippen molar-refractivity contribution in [3.05, 3.63) is 43.3 Å². The van der Waals surface area contributed by atoms with Crippen molar-refractivity contribution < 1.29 is 4.79 Å². The van der Waals surface area contributed by atoms with Crippen molar-refractivity contribution in [2.24, 2.45) is 0 Å². The maximum atomic E-state index is 12.0. The third kappa shape index (κ3) is 2.78. The smallest absolute Gasteiger partial charge is 0.258 e. The Bertz CT molecular complexity index is 592. The molecule has 7 heteroatoms. The maximum absolute atomic E-state index is 12.0. The fourth-order valence-electron chi connectivity index (χ4n) is 1.35. The summed E-state index contributed by atoms with van der Waals surface area (Å²) >= 11 is 18.8. The summed E-state index contributed by atoms with van der Waals surface area (Å²) in [5.74, 6) is -0.360. The number of hydrogen-bond donors (Lipinski definition) is 1. The molecule has 0 bridgehead atoms. The lowest BCUT2D eigenvalue weighted by Crippen LogP contribution is -2.13. The van der Waals surface area contributed by atoms with E-state index in [1.165, 1.54) is 6.07 Å². The van der Waals surface area contributed by atoms with Crippen LogP contribution in [0, 0.1) is 6.92 Å². The number of amides is 1. The van der Waals surface area contributed by atoms with Crippen molar-refractivity contribution in [1.29, 1.82) is 0 Å². The molecule has 3 nitrogen and oxygen atoms in total. The molecular weight excluding hydrogens is 315 g/mol. The highest BCUT2D eigenvalue weighted by Crippen LogP contribution is 2.32. The van der Waals surface area contributed by atoms with Gasteiger partial charge in [-0.1, -0.05) is 34.8 Å². The Morgan fingerprint density at radius 2 is 2.11 bits per heavy atom.